The van der Waals surface area contributed by atoms with Crippen molar-refractivity contribution >= 4 is 34.5 Å². The molecule has 33 heavy (non-hydrogen) atoms. The Morgan fingerprint density at radius 2 is 1.85 bits per heavy atom. The Balaban J connectivity index is 1.53. The van der Waals surface area contributed by atoms with Gasteiger partial charge in [-0.1, -0.05) is 49.7 Å². The Morgan fingerprint density at radius 1 is 1.09 bits per heavy atom. The first-order chi connectivity index (χ1) is 16.1. The molecule has 2 aromatic heterocycles. The number of fused-ring (bicyclic) bond motifs is 1. The standard InChI is InChI=1S/C24H27ClN6O2/c1-3-29(4-2)15-16-30-20-11-7-6-10-19(20)27-24(30)28-23(32)21-13-14-26-31(21)17-33-22-12-8-5-9-18(22)25/h5-14H,3-4,15-17H2,1-2H3,(H,27,28,32). The van der Waals surface area contributed by atoms with Gasteiger partial charge in [0, 0.05) is 19.3 Å². The summed E-state index contributed by atoms with van der Waals surface area (Å²) in [6.45, 7) is 7.85. The van der Waals surface area contributed by atoms with Crippen molar-refractivity contribution in [3.8, 4) is 5.75 Å². The molecule has 0 radical (unpaired) electrons. The van der Waals surface area contributed by atoms with E-state index >= 15 is 0 Å². The third kappa shape index (κ3) is 5.18. The molecule has 0 aliphatic heterocycles. The number of nitrogens with one attached hydrogen (secondary N) is 1. The fourth-order valence-corrected chi connectivity index (χ4v) is 3.86. The summed E-state index contributed by atoms with van der Waals surface area (Å²) in [6.07, 6.45) is 1.56. The molecule has 4 aromatic rings. The fraction of sp³-hybridized carbons (Fsp3) is 0.292. The monoisotopic (exact) mass is 466 g/mol. The van der Waals surface area contributed by atoms with Gasteiger partial charge in [-0.15, -0.1) is 0 Å². The third-order valence-corrected chi connectivity index (χ3v) is 5.85. The van der Waals surface area contributed by atoms with E-state index in [2.05, 4.69) is 34.1 Å². The molecule has 0 aliphatic rings. The van der Waals surface area contributed by atoms with Gasteiger partial charge in [0.25, 0.3) is 5.91 Å². The van der Waals surface area contributed by atoms with E-state index < -0.39 is 0 Å². The smallest absolute Gasteiger partial charge is 0.276 e. The van der Waals surface area contributed by atoms with E-state index in [-0.39, 0.29) is 12.6 Å². The first-order valence-electron chi connectivity index (χ1n) is 11.0. The quantitative estimate of drug-likeness (QED) is 0.372. The Bertz CT molecular complexity index is 1230. The number of para-hydroxylation sites is 3. The van der Waals surface area contributed by atoms with Crippen molar-refractivity contribution in [2.75, 3.05) is 25.0 Å². The van der Waals surface area contributed by atoms with Crippen LogP contribution < -0.4 is 10.1 Å². The molecule has 0 atom stereocenters. The summed E-state index contributed by atoms with van der Waals surface area (Å²) < 4.78 is 9.28. The number of hydrogen-bond acceptors (Lipinski definition) is 5. The molecule has 172 valence electrons. The topological polar surface area (TPSA) is 77.2 Å². The van der Waals surface area contributed by atoms with E-state index in [9.17, 15) is 4.79 Å². The molecule has 0 saturated carbocycles. The molecule has 8 nitrogen and oxygen atoms in total. The molecule has 0 saturated heterocycles. The minimum atomic E-state index is -0.311. The molecule has 0 bridgehead atoms. The molecule has 0 aliphatic carbocycles. The normalized spacial score (nSPS) is 11.3. The van der Waals surface area contributed by atoms with Crippen molar-refractivity contribution in [1.82, 2.24) is 24.2 Å². The SMILES string of the molecule is CCN(CC)CCn1c(NC(=O)c2ccnn2COc2ccccc2Cl)nc2ccccc21. The van der Waals surface area contributed by atoms with E-state index in [1.54, 1.807) is 24.4 Å². The van der Waals surface area contributed by atoms with Crippen molar-refractivity contribution in [1.29, 1.82) is 0 Å². The van der Waals surface area contributed by atoms with Gasteiger partial charge < -0.3 is 14.2 Å². The van der Waals surface area contributed by atoms with Crippen molar-refractivity contribution < 1.29 is 9.53 Å². The lowest BCUT2D eigenvalue weighted by Gasteiger charge is -2.19. The zero-order valence-corrected chi connectivity index (χ0v) is 19.5. The molecular weight excluding hydrogens is 440 g/mol. The van der Waals surface area contributed by atoms with E-state index in [4.69, 9.17) is 16.3 Å². The van der Waals surface area contributed by atoms with Gasteiger partial charge in [0.1, 0.15) is 11.4 Å². The Hall–Kier alpha value is -3.36. The van der Waals surface area contributed by atoms with Crippen LogP contribution in [0.25, 0.3) is 11.0 Å². The van der Waals surface area contributed by atoms with Gasteiger partial charge in [-0.05, 0) is 43.4 Å². The number of benzene rings is 2. The van der Waals surface area contributed by atoms with Gasteiger partial charge in [-0.2, -0.15) is 5.10 Å². The molecule has 0 fully saturated rings. The van der Waals surface area contributed by atoms with E-state index in [1.165, 1.54) is 4.68 Å². The number of imidazole rings is 1. The average molecular weight is 467 g/mol. The number of carbonyl (C=O) groups excluding carboxylic acids is 1. The lowest BCUT2D eigenvalue weighted by molar-refractivity contribution is 0.100. The molecule has 2 heterocycles. The number of amides is 1. The summed E-state index contributed by atoms with van der Waals surface area (Å²) in [5.74, 6) is 0.724. The maximum Gasteiger partial charge on any atom is 0.276 e. The summed E-state index contributed by atoms with van der Waals surface area (Å²) in [7, 11) is 0. The van der Waals surface area contributed by atoms with Gasteiger partial charge in [-0.3, -0.25) is 10.1 Å². The highest BCUT2D eigenvalue weighted by Gasteiger charge is 2.18. The second-order valence-electron chi connectivity index (χ2n) is 7.48. The first kappa shape index (κ1) is 22.8. The molecule has 1 amide bonds. The first-order valence-corrected chi connectivity index (χ1v) is 11.4. The van der Waals surface area contributed by atoms with Gasteiger partial charge >= 0.3 is 0 Å². The van der Waals surface area contributed by atoms with Crippen LogP contribution in [-0.4, -0.2) is 49.8 Å². The zero-order valence-electron chi connectivity index (χ0n) is 18.7. The molecular formula is C24H27ClN6O2. The van der Waals surface area contributed by atoms with Crippen LogP contribution in [0.1, 0.15) is 24.3 Å². The number of rotatable bonds is 10. The van der Waals surface area contributed by atoms with Gasteiger partial charge in [-0.25, -0.2) is 9.67 Å². The van der Waals surface area contributed by atoms with Crippen LogP contribution in [-0.2, 0) is 13.3 Å². The number of likely N-dealkylation sites (N-methyl/N-ethyl adjacent to an activating group) is 1. The van der Waals surface area contributed by atoms with E-state index in [1.807, 2.05) is 41.0 Å². The number of carbonyl (C=O) groups is 1. The lowest BCUT2D eigenvalue weighted by atomic mass is 10.3. The molecule has 1 N–H and O–H groups in total. The lowest BCUT2D eigenvalue weighted by Crippen LogP contribution is -2.28. The maximum absolute atomic E-state index is 13.1. The second-order valence-corrected chi connectivity index (χ2v) is 7.88. The van der Waals surface area contributed by atoms with E-state index in [0.29, 0.717) is 29.0 Å². The summed E-state index contributed by atoms with van der Waals surface area (Å²) in [6, 6.07) is 16.7. The minimum Gasteiger partial charge on any atom is -0.470 e. The molecule has 0 unspecified atom stereocenters. The van der Waals surface area contributed by atoms with Crippen molar-refractivity contribution in [2.24, 2.45) is 0 Å². The van der Waals surface area contributed by atoms with Crippen LogP contribution in [0, 0.1) is 0 Å². The van der Waals surface area contributed by atoms with Crippen molar-refractivity contribution in [3.05, 3.63) is 71.5 Å². The number of nitrogens with zero attached hydrogens (tertiary/aromatic N) is 5. The number of ether oxygens (including phenoxy) is 1. The Morgan fingerprint density at radius 3 is 2.64 bits per heavy atom. The Labute approximate surface area is 197 Å². The van der Waals surface area contributed by atoms with Crippen molar-refractivity contribution in [3.63, 3.8) is 0 Å². The molecule has 9 heteroatoms. The van der Waals surface area contributed by atoms with Crippen LogP contribution >= 0.6 is 11.6 Å². The summed E-state index contributed by atoms with van der Waals surface area (Å²) >= 11 is 6.15. The van der Waals surface area contributed by atoms with Crippen LogP contribution in [0.15, 0.2) is 60.8 Å². The van der Waals surface area contributed by atoms with Gasteiger partial charge in [0.2, 0.25) is 5.95 Å². The minimum absolute atomic E-state index is 0.0534. The number of aromatic nitrogens is 4. The van der Waals surface area contributed by atoms with E-state index in [0.717, 1.165) is 30.7 Å². The third-order valence-electron chi connectivity index (χ3n) is 5.54. The summed E-state index contributed by atoms with van der Waals surface area (Å²) in [5, 5.41) is 7.69. The van der Waals surface area contributed by atoms with Crippen LogP contribution in [0.4, 0.5) is 5.95 Å². The largest absolute Gasteiger partial charge is 0.470 e. The summed E-state index contributed by atoms with van der Waals surface area (Å²) in [4.78, 5) is 20.1. The van der Waals surface area contributed by atoms with Crippen LogP contribution in [0.2, 0.25) is 5.02 Å². The number of hydrogen-bond donors (Lipinski definition) is 1. The zero-order chi connectivity index (χ0) is 23.2. The summed E-state index contributed by atoms with van der Waals surface area (Å²) in [5.41, 5.74) is 2.18. The molecule has 4 rings (SSSR count). The highest BCUT2D eigenvalue weighted by atomic mass is 35.5. The highest BCUT2D eigenvalue weighted by Crippen LogP contribution is 2.24. The maximum atomic E-state index is 13.1. The van der Waals surface area contributed by atoms with Gasteiger partial charge in [0.05, 0.1) is 16.1 Å². The fourth-order valence-electron chi connectivity index (χ4n) is 3.67. The highest BCUT2D eigenvalue weighted by molar-refractivity contribution is 6.32. The van der Waals surface area contributed by atoms with Gasteiger partial charge in [0.15, 0.2) is 6.73 Å². The average Bonchev–Trinajstić information content (AvgIpc) is 3.44. The predicted molar refractivity (Wildman–Crippen MR) is 130 cm³/mol. The predicted octanol–water partition coefficient (Wildman–Crippen LogP) is 4.52. The Kier molecular flexibility index (Phi) is 7.26. The number of halogens is 1. The van der Waals surface area contributed by atoms with Crippen LogP contribution in [0.3, 0.4) is 0 Å². The van der Waals surface area contributed by atoms with Crippen molar-refractivity contribution in [2.45, 2.75) is 27.1 Å². The molecule has 2 aromatic carbocycles. The second kappa shape index (κ2) is 10.5. The molecule has 0 spiro atoms. The van der Waals surface area contributed by atoms with Crippen LogP contribution in [0.5, 0.6) is 5.75 Å². The number of anilines is 1.